The maximum absolute atomic E-state index is 13.2. The first-order valence-corrected chi connectivity index (χ1v) is 9.10. The summed E-state index contributed by atoms with van der Waals surface area (Å²) in [6.45, 7) is 11.3. The zero-order chi connectivity index (χ0) is 19.5. The van der Waals surface area contributed by atoms with Crippen molar-refractivity contribution in [2.45, 2.75) is 46.1 Å². The van der Waals surface area contributed by atoms with E-state index in [1.54, 1.807) is 21.9 Å². The van der Waals surface area contributed by atoms with Crippen LogP contribution in [0, 0.1) is 11.7 Å². The fourth-order valence-electron chi connectivity index (χ4n) is 3.12. The summed E-state index contributed by atoms with van der Waals surface area (Å²) in [6, 6.07) is 6.13. The van der Waals surface area contributed by atoms with E-state index < -0.39 is 5.60 Å². The fraction of sp³-hybridized carbons (Fsp3) is 0.600. The molecule has 1 saturated heterocycles. The monoisotopic (exact) mass is 364 g/mol. The van der Waals surface area contributed by atoms with Gasteiger partial charge in [-0.2, -0.15) is 0 Å². The summed E-state index contributed by atoms with van der Waals surface area (Å²) in [7, 11) is 0. The Labute approximate surface area is 155 Å². The number of hydrogen-bond acceptors (Lipinski definition) is 3. The van der Waals surface area contributed by atoms with Gasteiger partial charge in [0.05, 0.1) is 5.92 Å². The number of halogens is 1. The molecule has 1 fully saturated rings. The van der Waals surface area contributed by atoms with Crippen LogP contribution in [0.15, 0.2) is 24.3 Å². The Morgan fingerprint density at radius 1 is 1.00 bits per heavy atom. The van der Waals surface area contributed by atoms with E-state index in [4.69, 9.17) is 4.74 Å². The summed E-state index contributed by atoms with van der Waals surface area (Å²) >= 11 is 0. The third-order valence-electron chi connectivity index (χ3n) is 4.40. The predicted molar refractivity (Wildman–Crippen MR) is 98.4 cm³/mol. The first-order chi connectivity index (χ1) is 12.1. The minimum absolute atomic E-state index is 0.0236. The SMILES string of the molecule is CC(C)C(C(=O)N1CCN(C(=O)OC(C)(C)C)CC1)c1ccc(F)cc1. The molecule has 1 aromatic carbocycles. The molecule has 1 aliphatic rings. The molecular formula is C20H29FN2O3. The van der Waals surface area contributed by atoms with Gasteiger partial charge in [-0.3, -0.25) is 4.79 Å². The van der Waals surface area contributed by atoms with Gasteiger partial charge in [0.25, 0.3) is 0 Å². The van der Waals surface area contributed by atoms with E-state index in [-0.39, 0.29) is 29.7 Å². The highest BCUT2D eigenvalue weighted by molar-refractivity contribution is 5.84. The van der Waals surface area contributed by atoms with Gasteiger partial charge in [0.2, 0.25) is 5.91 Å². The Hall–Kier alpha value is -2.11. The molecule has 0 spiro atoms. The molecule has 1 heterocycles. The number of carbonyl (C=O) groups is 2. The summed E-state index contributed by atoms with van der Waals surface area (Å²) < 4.78 is 18.6. The molecule has 26 heavy (non-hydrogen) atoms. The predicted octanol–water partition coefficient (Wildman–Crippen LogP) is 3.64. The van der Waals surface area contributed by atoms with Crippen LogP contribution in [0.3, 0.4) is 0 Å². The van der Waals surface area contributed by atoms with E-state index in [1.165, 1.54) is 12.1 Å². The lowest BCUT2D eigenvalue weighted by Crippen LogP contribution is -2.52. The van der Waals surface area contributed by atoms with E-state index in [1.807, 2.05) is 34.6 Å². The van der Waals surface area contributed by atoms with Crippen LogP contribution in [0.5, 0.6) is 0 Å². The Kier molecular flexibility index (Phi) is 6.26. The fourth-order valence-corrected chi connectivity index (χ4v) is 3.12. The van der Waals surface area contributed by atoms with Gasteiger partial charge < -0.3 is 14.5 Å². The molecule has 1 aromatic rings. The zero-order valence-electron chi connectivity index (χ0n) is 16.3. The number of ether oxygens (including phenoxy) is 1. The average Bonchev–Trinajstić information content (AvgIpc) is 2.55. The van der Waals surface area contributed by atoms with Crippen LogP contribution in [0.1, 0.15) is 46.1 Å². The van der Waals surface area contributed by atoms with Crippen molar-refractivity contribution in [2.75, 3.05) is 26.2 Å². The number of rotatable bonds is 3. The van der Waals surface area contributed by atoms with Crippen molar-refractivity contribution >= 4 is 12.0 Å². The van der Waals surface area contributed by atoms with Gasteiger partial charge in [0.15, 0.2) is 0 Å². The van der Waals surface area contributed by atoms with Crippen molar-refractivity contribution in [1.82, 2.24) is 9.80 Å². The average molecular weight is 364 g/mol. The lowest BCUT2D eigenvalue weighted by molar-refractivity contribution is -0.135. The standard InChI is InChI=1S/C20H29FN2O3/c1-14(2)17(15-6-8-16(21)9-7-15)18(24)22-10-12-23(13-11-22)19(25)26-20(3,4)5/h6-9,14,17H,10-13H2,1-5H3. The molecule has 2 amide bonds. The molecule has 0 saturated carbocycles. The molecule has 1 aliphatic heterocycles. The number of piperazine rings is 1. The second kappa shape index (κ2) is 8.06. The molecule has 0 bridgehead atoms. The van der Waals surface area contributed by atoms with Gasteiger partial charge in [-0.05, 0) is 44.4 Å². The Bertz CT molecular complexity index is 629. The summed E-state index contributed by atoms with van der Waals surface area (Å²) in [5.41, 5.74) is 0.288. The Morgan fingerprint density at radius 2 is 1.50 bits per heavy atom. The highest BCUT2D eigenvalue weighted by Crippen LogP contribution is 2.27. The van der Waals surface area contributed by atoms with Crippen LogP contribution in [0.25, 0.3) is 0 Å². The number of carbonyl (C=O) groups excluding carboxylic acids is 2. The van der Waals surface area contributed by atoms with Gasteiger partial charge in [0, 0.05) is 26.2 Å². The van der Waals surface area contributed by atoms with E-state index in [0.717, 1.165) is 5.56 Å². The second-order valence-corrected chi connectivity index (χ2v) is 8.07. The van der Waals surface area contributed by atoms with Crippen molar-refractivity contribution in [1.29, 1.82) is 0 Å². The third-order valence-corrected chi connectivity index (χ3v) is 4.40. The van der Waals surface area contributed by atoms with Crippen molar-refractivity contribution in [3.05, 3.63) is 35.6 Å². The van der Waals surface area contributed by atoms with Crippen LogP contribution < -0.4 is 0 Å². The van der Waals surface area contributed by atoms with Crippen LogP contribution in [0.4, 0.5) is 9.18 Å². The van der Waals surface area contributed by atoms with E-state index in [2.05, 4.69) is 0 Å². The first-order valence-electron chi connectivity index (χ1n) is 9.10. The lowest BCUT2D eigenvalue weighted by atomic mass is 9.87. The third kappa shape index (κ3) is 5.19. The van der Waals surface area contributed by atoms with E-state index in [0.29, 0.717) is 26.2 Å². The molecule has 5 nitrogen and oxygen atoms in total. The molecule has 0 radical (unpaired) electrons. The zero-order valence-corrected chi connectivity index (χ0v) is 16.3. The number of hydrogen-bond donors (Lipinski definition) is 0. The number of amides is 2. The van der Waals surface area contributed by atoms with E-state index >= 15 is 0 Å². The van der Waals surface area contributed by atoms with Gasteiger partial charge in [0.1, 0.15) is 11.4 Å². The minimum Gasteiger partial charge on any atom is -0.444 e. The summed E-state index contributed by atoms with van der Waals surface area (Å²) in [5.74, 6) is -0.509. The van der Waals surface area contributed by atoms with Crippen LogP contribution >= 0.6 is 0 Å². The van der Waals surface area contributed by atoms with Gasteiger partial charge in [-0.1, -0.05) is 26.0 Å². The largest absolute Gasteiger partial charge is 0.444 e. The maximum atomic E-state index is 13.2. The molecule has 1 atom stereocenters. The number of nitrogens with zero attached hydrogens (tertiary/aromatic N) is 2. The summed E-state index contributed by atoms with van der Waals surface area (Å²) in [5, 5.41) is 0. The van der Waals surface area contributed by atoms with Crippen molar-refractivity contribution < 1.29 is 18.7 Å². The second-order valence-electron chi connectivity index (χ2n) is 8.07. The normalized spacial score (nSPS) is 16.6. The Morgan fingerprint density at radius 3 is 1.96 bits per heavy atom. The smallest absolute Gasteiger partial charge is 0.410 e. The van der Waals surface area contributed by atoms with Gasteiger partial charge in [-0.15, -0.1) is 0 Å². The molecule has 1 unspecified atom stereocenters. The summed E-state index contributed by atoms with van der Waals surface area (Å²) in [6.07, 6.45) is -0.344. The van der Waals surface area contributed by atoms with Crippen LogP contribution in [-0.2, 0) is 9.53 Å². The molecule has 0 aromatic heterocycles. The molecule has 0 aliphatic carbocycles. The molecular weight excluding hydrogens is 335 g/mol. The highest BCUT2D eigenvalue weighted by atomic mass is 19.1. The molecule has 2 rings (SSSR count). The van der Waals surface area contributed by atoms with Crippen molar-refractivity contribution in [3.8, 4) is 0 Å². The lowest BCUT2D eigenvalue weighted by Gasteiger charge is -2.37. The molecule has 144 valence electrons. The maximum Gasteiger partial charge on any atom is 0.410 e. The molecule has 6 heteroatoms. The van der Waals surface area contributed by atoms with Gasteiger partial charge >= 0.3 is 6.09 Å². The quantitative estimate of drug-likeness (QED) is 0.823. The molecule has 0 N–H and O–H groups in total. The number of benzene rings is 1. The van der Waals surface area contributed by atoms with Crippen LogP contribution in [-0.4, -0.2) is 53.6 Å². The van der Waals surface area contributed by atoms with E-state index in [9.17, 15) is 14.0 Å². The Balaban J connectivity index is 2.01. The topological polar surface area (TPSA) is 49.9 Å². The minimum atomic E-state index is -0.532. The van der Waals surface area contributed by atoms with Crippen molar-refractivity contribution in [2.24, 2.45) is 5.92 Å². The summed E-state index contributed by atoms with van der Waals surface area (Å²) in [4.78, 5) is 28.6. The van der Waals surface area contributed by atoms with Crippen LogP contribution in [0.2, 0.25) is 0 Å². The first kappa shape index (κ1) is 20.2. The highest BCUT2D eigenvalue weighted by Gasteiger charge is 2.32. The van der Waals surface area contributed by atoms with Crippen molar-refractivity contribution in [3.63, 3.8) is 0 Å². The van der Waals surface area contributed by atoms with Gasteiger partial charge in [-0.25, -0.2) is 9.18 Å².